The average Bonchev–Trinajstić information content (AvgIpc) is 3.34. The number of hydrogen-bond donors (Lipinski definition) is 1. The van der Waals surface area contributed by atoms with Crippen LogP contribution >= 0.6 is 0 Å². The SMILES string of the molecule is COC(=O)c1ccc(C(C(=O)NC(C)(C)C)N(Cc2cccc(OC)c2)C(=O)Cn2nnc3ccccc32)cc1. The number of hydrogen-bond acceptors (Lipinski definition) is 7. The van der Waals surface area contributed by atoms with Crippen molar-refractivity contribution in [2.75, 3.05) is 14.2 Å². The van der Waals surface area contributed by atoms with Crippen LogP contribution in [0.5, 0.6) is 5.75 Å². The fourth-order valence-electron chi connectivity index (χ4n) is 4.37. The fraction of sp³-hybridized carbons (Fsp3) is 0.300. The molecule has 4 aromatic rings. The molecule has 1 N–H and O–H groups in total. The van der Waals surface area contributed by atoms with Crippen LogP contribution in [0, 0.1) is 0 Å². The van der Waals surface area contributed by atoms with E-state index in [1.54, 1.807) is 31.4 Å². The van der Waals surface area contributed by atoms with E-state index in [0.29, 0.717) is 27.9 Å². The Kier molecular flexibility index (Phi) is 8.47. The zero-order valence-corrected chi connectivity index (χ0v) is 23.2. The minimum absolute atomic E-state index is 0.115. The van der Waals surface area contributed by atoms with Gasteiger partial charge in [0.05, 0.1) is 25.3 Å². The summed E-state index contributed by atoms with van der Waals surface area (Å²) in [7, 11) is 2.87. The Bertz CT molecular complexity index is 1510. The number of ether oxygens (including phenoxy) is 2. The third kappa shape index (κ3) is 6.63. The maximum atomic E-state index is 14.1. The average molecular weight is 544 g/mol. The van der Waals surface area contributed by atoms with Crippen LogP contribution in [0.4, 0.5) is 0 Å². The highest BCUT2D eigenvalue weighted by Crippen LogP contribution is 2.27. The normalized spacial score (nSPS) is 12.0. The van der Waals surface area contributed by atoms with Crippen molar-refractivity contribution in [3.8, 4) is 5.75 Å². The first-order valence-corrected chi connectivity index (χ1v) is 12.8. The zero-order valence-electron chi connectivity index (χ0n) is 23.2. The summed E-state index contributed by atoms with van der Waals surface area (Å²) < 4.78 is 11.7. The van der Waals surface area contributed by atoms with Crippen LogP contribution in [0.15, 0.2) is 72.8 Å². The van der Waals surface area contributed by atoms with Crippen molar-refractivity contribution in [2.24, 2.45) is 0 Å². The predicted molar refractivity (Wildman–Crippen MR) is 149 cm³/mol. The summed E-state index contributed by atoms with van der Waals surface area (Å²) in [5.74, 6) is -0.572. The highest BCUT2D eigenvalue weighted by molar-refractivity contribution is 5.91. The number of carbonyl (C=O) groups excluding carboxylic acids is 3. The van der Waals surface area contributed by atoms with Gasteiger partial charge >= 0.3 is 5.97 Å². The van der Waals surface area contributed by atoms with Crippen molar-refractivity contribution in [1.82, 2.24) is 25.2 Å². The molecule has 1 atom stereocenters. The number of amides is 2. The summed E-state index contributed by atoms with van der Waals surface area (Å²) in [6.45, 7) is 5.60. The van der Waals surface area contributed by atoms with Crippen molar-refractivity contribution in [3.05, 3.63) is 89.5 Å². The maximum Gasteiger partial charge on any atom is 0.337 e. The van der Waals surface area contributed by atoms with Gasteiger partial charge in [-0.25, -0.2) is 9.48 Å². The third-order valence-corrected chi connectivity index (χ3v) is 6.22. The summed E-state index contributed by atoms with van der Waals surface area (Å²) in [6.07, 6.45) is 0. The van der Waals surface area contributed by atoms with Gasteiger partial charge in [0.25, 0.3) is 0 Å². The molecule has 0 saturated heterocycles. The van der Waals surface area contributed by atoms with Crippen molar-refractivity contribution in [3.63, 3.8) is 0 Å². The Morgan fingerprint density at radius 1 is 0.975 bits per heavy atom. The van der Waals surface area contributed by atoms with Crippen LogP contribution in [0.25, 0.3) is 11.0 Å². The number of benzene rings is 3. The van der Waals surface area contributed by atoms with E-state index in [-0.39, 0.29) is 24.9 Å². The Hall–Kier alpha value is -4.73. The van der Waals surface area contributed by atoms with E-state index in [0.717, 1.165) is 5.56 Å². The molecule has 1 aromatic heterocycles. The van der Waals surface area contributed by atoms with E-state index < -0.39 is 17.6 Å². The van der Waals surface area contributed by atoms with E-state index in [9.17, 15) is 14.4 Å². The van der Waals surface area contributed by atoms with Gasteiger partial charge in [-0.2, -0.15) is 0 Å². The first-order chi connectivity index (χ1) is 19.1. The molecule has 0 bridgehead atoms. The highest BCUT2D eigenvalue weighted by atomic mass is 16.5. The lowest BCUT2D eigenvalue weighted by Gasteiger charge is -2.34. The molecule has 0 aliphatic rings. The predicted octanol–water partition coefficient (Wildman–Crippen LogP) is 3.91. The van der Waals surface area contributed by atoms with Gasteiger partial charge in [-0.05, 0) is 68.3 Å². The molecular weight excluding hydrogens is 510 g/mol. The van der Waals surface area contributed by atoms with Gasteiger partial charge < -0.3 is 19.7 Å². The second-order valence-corrected chi connectivity index (χ2v) is 10.4. The van der Waals surface area contributed by atoms with Gasteiger partial charge in [0, 0.05) is 12.1 Å². The van der Waals surface area contributed by atoms with Gasteiger partial charge in [0.1, 0.15) is 23.9 Å². The number of rotatable bonds is 9. The molecule has 3 aromatic carbocycles. The van der Waals surface area contributed by atoms with E-state index in [2.05, 4.69) is 15.6 Å². The molecule has 10 heteroatoms. The lowest BCUT2D eigenvalue weighted by Crippen LogP contribution is -2.49. The number of para-hydroxylation sites is 1. The summed E-state index contributed by atoms with van der Waals surface area (Å²) in [4.78, 5) is 41.5. The number of fused-ring (bicyclic) bond motifs is 1. The second-order valence-electron chi connectivity index (χ2n) is 10.4. The first-order valence-electron chi connectivity index (χ1n) is 12.8. The molecule has 1 unspecified atom stereocenters. The summed E-state index contributed by atoms with van der Waals surface area (Å²) in [6, 6.07) is 20.2. The van der Waals surface area contributed by atoms with E-state index in [4.69, 9.17) is 9.47 Å². The molecule has 0 fully saturated rings. The Labute approximate surface area is 232 Å². The van der Waals surface area contributed by atoms with Crippen LogP contribution in [0.1, 0.15) is 48.3 Å². The van der Waals surface area contributed by atoms with Gasteiger partial charge in [0.2, 0.25) is 11.8 Å². The number of carbonyl (C=O) groups is 3. The lowest BCUT2D eigenvalue weighted by atomic mass is 9.99. The number of nitrogens with zero attached hydrogens (tertiary/aromatic N) is 4. The molecule has 2 amide bonds. The Balaban J connectivity index is 1.79. The summed E-state index contributed by atoms with van der Waals surface area (Å²) in [5, 5.41) is 11.4. The van der Waals surface area contributed by atoms with Crippen molar-refractivity contribution >= 4 is 28.8 Å². The fourth-order valence-corrected chi connectivity index (χ4v) is 4.37. The standard InChI is InChI=1S/C30H33N5O5/c1-30(2,3)31-28(37)27(21-13-15-22(16-14-21)29(38)40-5)34(18-20-9-8-10-23(17-20)39-4)26(36)19-35-25-12-7-6-11-24(25)32-33-35/h6-17,27H,18-19H2,1-5H3,(H,31,37). The van der Waals surface area contributed by atoms with Gasteiger partial charge in [-0.3, -0.25) is 9.59 Å². The second kappa shape index (κ2) is 12.0. The van der Waals surface area contributed by atoms with Crippen molar-refractivity contribution in [1.29, 1.82) is 0 Å². The molecule has 0 aliphatic carbocycles. The van der Waals surface area contributed by atoms with E-state index in [1.165, 1.54) is 16.7 Å². The molecule has 1 heterocycles. The van der Waals surface area contributed by atoms with Gasteiger partial charge in [-0.1, -0.05) is 41.6 Å². The highest BCUT2D eigenvalue weighted by Gasteiger charge is 2.34. The van der Waals surface area contributed by atoms with Gasteiger partial charge in [0.15, 0.2) is 0 Å². The number of aromatic nitrogens is 3. The minimum atomic E-state index is -1.01. The Morgan fingerprint density at radius 3 is 2.38 bits per heavy atom. The van der Waals surface area contributed by atoms with Crippen LogP contribution in [-0.2, 0) is 27.4 Å². The minimum Gasteiger partial charge on any atom is -0.497 e. The van der Waals surface area contributed by atoms with Crippen LogP contribution in [-0.4, -0.2) is 57.4 Å². The van der Waals surface area contributed by atoms with Crippen LogP contribution in [0.3, 0.4) is 0 Å². The summed E-state index contributed by atoms with van der Waals surface area (Å²) in [5.41, 5.74) is 2.45. The monoisotopic (exact) mass is 543 g/mol. The molecule has 10 nitrogen and oxygen atoms in total. The van der Waals surface area contributed by atoms with Gasteiger partial charge in [-0.15, -0.1) is 5.10 Å². The zero-order chi connectivity index (χ0) is 28.9. The quantitative estimate of drug-likeness (QED) is 0.318. The van der Waals surface area contributed by atoms with E-state index >= 15 is 0 Å². The third-order valence-electron chi connectivity index (χ3n) is 6.22. The molecule has 208 valence electrons. The molecule has 0 aliphatic heterocycles. The van der Waals surface area contributed by atoms with Crippen molar-refractivity contribution < 1.29 is 23.9 Å². The smallest absolute Gasteiger partial charge is 0.337 e. The molecular formula is C30H33N5O5. The van der Waals surface area contributed by atoms with Crippen molar-refractivity contribution in [2.45, 2.75) is 45.4 Å². The maximum absolute atomic E-state index is 14.1. The molecule has 0 radical (unpaired) electrons. The number of methoxy groups -OCH3 is 2. The van der Waals surface area contributed by atoms with Crippen LogP contribution in [0.2, 0.25) is 0 Å². The number of nitrogens with one attached hydrogen (secondary N) is 1. The molecule has 0 saturated carbocycles. The molecule has 4 rings (SSSR count). The molecule has 0 spiro atoms. The Morgan fingerprint density at radius 2 is 1.70 bits per heavy atom. The first kappa shape index (κ1) is 28.3. The summed E-state index contributed by atoms with van der Waals surface area (Å²) >= 11 is 0. The topological polar surface area (TPSA) is 116 Å². The van der Waals surface area contributed by atoms with Crippen LogP contribution < -0.4 is 10.1 Å². The van der Waals surface area contributed by atoms with E-state index in [1.807, 2.05) is 69.3 Å². The lowest BCUT2D eigenvalue weighted by molar-refractivity contribution is -0.142. The number of esters is 1. The molecule has 40 heavy (non-hydrogen) atoms. The largest absolute Gasteiger partial charge is 0.497 e.